The first kappa shape index (κ1) is 20.1. The minimum Gasteiger partial charge on any atom is -0.438 e. The molecule has 0 aliphatic carbocycles. The second-order valence-corrected chi connectivity index (χ2v) is 8.50. The van der Waals surface area contributed by atoms with E-state index in [-0.39, 0.29) is 20.8 Å². The molecular formula is C19H13Cl2N5O3S. The number of benzene rings is 2. The highest BCUT2D eigenvalue weighted by atomic mass is 35.5. The van der Waals surface area contributed by atoms with Crippen molar-refractivity contribution in [2.45, 2.75) is 4.90 Å². The Balaban J connectivity index is 1.46. The van der Waals surface area contributed by atoms with Crippen LogP contribution in [0.25, 0.3) is 5.82 Å². The number of aromatic nitrogens is 4. The van der Waals surface area contributed by atoms with Crippen molar-refractivity contribution in [3.05, 3.63) is 83.4 Å². The molecule has 0 saturated carbocycles. The molecule has 0 radical (unpaired) electrons. The van der Waals surface area contributed by atoms with Crippen molar-refractivity contribution in [3.8, 4) is 17.4 Å². The fourth-order valence-corrected chi connectivity index (χ4v) is 4.33. The highest BCUT2D eigenvalue weighted by Crippen LogP contribution is 2.28. The zero-order chi connectivity index (χ0) is 21.1. The van der Waals surface area contributed by atoms with Crippen LogP contribution in [0.3, 0.4) is 0 Å². The molecule has 1 N–H and O–H groups in total. The third-order valence-electron chi connectivity index (χ3n) is 3.91. The van der Waals surface area contributed by atoms with Gasteiger partial charge in [0.15, 0.2) is 5.82 Å². The zero-order valence-corrected chi connectivity index (χ0v) is 17.4. The van der Waals surface area contributed by atoms with Crippen LogP contribution in [0, 0.1) is 0 Å². The van der Waals surface area contributed by atoms with E-state index in [1.807, 2.05) is 0 Å². The Labute approximate surface area is 182 Å². The molecule has 11 heteroatoms. The van der Waals surface area contributed by atoms with E-state index < -0.39 is 10.0 Å². The van der Waals surface area contributed by atoms with Crippen LogP contribution in [-0.4, -0.2) is 28.2 Å². The number of rotatable bonds is 6. The van der Waals surface area contributed by atoms with Gasteiger partial charge in [-0.3, -0.25) is 9.29 Å². The molecule has 0 amide bonds. The number of hydrogen-bond acceptors (Lipinski definition) is 6. The Bertz CT molecular complexity index is 1260. The van der Waals surface area contributed by atoms with Gasteiger partial charge in [0.2, 0.25) is 5.88 Å². The number of nitrogens with zero attached hydrogens (tertiary/aromatic N) is 4. The van der Waals surface area contributed by atoms with Gasteiger partial charge in [-0.1, -0.05) is 23.2 Å². The lowest BCUT2D eigenvalue weighted by molar-refractivity contribution is 0.454. The van der Waals surface area contributed by atoms with E-state index >= 15 is 0 Å². The van der Waals surface area contributed by atoms with E-state index in [0.29, 0.717) is 17.3 Å². The van der Waals surface area contributed by atoms with Gasteiger partial charge in [-0.2, -0.15) is 0 Å². The minimum absolute atomic E-state index is 0.0737. The predicted molar refractivity (Wildman–Crippen MR) is 113 cm³/mol. The van der Waals surface area contributed by atoms with E-state index in [2.05, 4.69) is 19.9 Å². The number of imidazole rings is 1. The molecule has 152 valence electrons. The number of nitrogens with one attached hydrogen (secondary N) is 1. The van der Waals surface area contributed by atoms with Crippen molar-refractivity contribution in [1.29, 1.82) is 0 Å². The van der Waals surface area contributed by atoms with Gasteiger partial charge in [0.25, 0.3) is 10.0 Å². The molecule has 0 aliphatic rings. The highest BCUT2D eigenvalue weighted by molar-refractivity contribution is 7.92. The fraction of sp³-hybridized carbons (Fsp3) is 0. The first-order chi connectivity index (χ1) is 14.4. The molecule has 0 saturated heterocycles. The zero-order valence-electron chi connectivity index (χ0n) is 15.1. The summed E-state index contributed by atoms with van der Waals surface area (Å²) in [6.45, 7) is 0. The second-order valence-electron chi connectivity index (χ2n) is 6.01. The van der Waals surface area contributed by atoms with Crippen molar-refractivity contribution in [1.82, 2.24) is 19.7 Å². The average molecular weight is 462 g/mol. The first-order valence-corrected chi connectivity index (χ1v) is 10.7. The lowest BCUT2D eigenvalue weighted by Gasteiger charge is -2.11. The second kappa shape index (κ2) is 8.31. The number of ether oxygens (including phenoxy) is 1. The van der Waals surface area contributed by atoms with Crippen molar-refractivity contribution >= 4 is 38.9 Å². The van der Waals surface area contributed by atoms with Crippen LogP contribution in [0.1, 0.15) is 0 Å². The number of halogens is 2. The maximum absolute atomic E-state index is 12.6. The van der Waals surface area contributed by atoms with Crippen molar-refractivity contribution in [2.75, 3.05) is 4.72 Å². The maximum atomic E-state index is 12.6. The monoisotopic (exact) mass is 461 g/mol. The van der Waals surface area contributed by atoms with Crippen LogP contribution in [0.4, 0.5) is 5.69 Å². The molecule has 2 aromatic heterocycles. The highest BCUT2D eigenvalue weighted by Gasteiger charge is 2.18. The summed E-state index contributed by atoms with van der Waals surface area (Å²) in [6.07, 6.45) is 5.00. The molecule has 30 heavy (non-hydrogen) atoms. The molecule has 0 atom stereocenters. The smallest absolute Gasteiger partial charge is 0.263 e. The van der Waals surface area contributed by atoms with E-state index in [1.54, 1.807) is 59.7 Å². The van der Waals surface area contributed by atoms with Gasteiger partial charge in [0, 0.05) is 29.2 Å². The summed E-state index contributed by atoms with van der Waals surface area (Å²) >= 11 is 11.9. The van der Waals surface area contributed by atoms with Gasteiger partial charge in [-0.15, -0.1) is 10.2 Å². The molecule has 8 nitrogen and oxygen atoms in total. The lowest BCUT2D eigenvalue weighted by Crippen LogP contribution is -2.13. The van der Waals surface area contributed by atoms with E-state index in [0.717, 1.165) is 0 Å². The van der Waals surface area contributed by atoms with Gasteiger partial charge in [0.1, 0.15) is 17.0 Å². The van der Waals surface area contributed by atoms with Gasteiger partial charge in [-0.25, -0.2) is 13.4 Å². The molecule has 4 aromatic rings. The molecule has 0 aliphatic heterocycles. The van der Waals surface area contributed by atoms with Crippen molar-refractivity contribution < 1.29 is 13.2 Å². The van der Waals surface area contributed by atoms with Crippen LogP contribution in [0.15, 0.2) is 78.2 Å². The van der Waals surface area contributed by atoms with Crippen molar-refractivity contribution in [2.24, 2.45) is 0 Å². The topological polar surface area (TPSA) is 99.0 Å². The Morgan fingerprint density at radius 3 is 2.43 bits per heavy atom. The molecular weight excluding hydrogens is 449 g/mol. The first-order valence-electron chi connectivity index (χ1n) is 8.48. The number of anilines is 1. The molecule has 0 spiro atoms. The molecule has 2 aromatic carbocycles. The molecule has 0 unspecified atom stereocenters. The van der Waals surface area contributed by atoms with Gasteiger partial charge >= 0.3 is 0 Å². The van der Waals surface area contributed by atoms with Crippen LogP contribution in [-0.2, 0) is 10.0 Å². The van der Waals surface area contributed by atoms with E-state index in [1.165, 1.54) is 18.2 Å². The summed E-state index contributed by atoms with van der Waals surface area (Å²) in [7, 11) is -3.90. The summed E-state index contributed by atoms with van der Waals surface area (Å²) in [5, 5.41) is 8.42. The summed E-state index contributed by atoms with van der Waals surface area (Å²) in [6, 6.07) is 13.9. The third kappa shape index (κ3) is 4.54. The molecule has 0 bridgehead atoms. The minimum atomic E-state index is -3.90. The lowest BCUT2D eigenvalue weighted by atomic mass is 10.3. The summed E-state index contributed by atoms with van der Waals surface area (Å²) in [4.78, 5) is 3.85. The number of hydrogen-bond donors (Lipinski definition) is 1. The van der Waals surface area contributed by atoms with Gasteiger partial charge in [-0.05, 0) is 48.5 Å². The quantitative estimate of drug-likeness (QED) is 0.451. The Hall–Kier alpha value is -3.14. The van der Waals surface area contributed by atoms with Crippen LogP contribution >= 0.6 is 23.2 Å². The van der Waals surface area contributed by atoms with Gasteiger partial charge < -0.3 is 4.74 Å². The van der Waals surface area contributed by atoms with Crippen molar-refractivity contribution in [3.63, 3.8) is 0 Å². The average Bonchev–Trinajstić information content (AvgIpc) is 3.26. The number of sulfonamides is 1. The molecule has 0 fully saturated rings. The Kier molecular flexibility index (Phi) is 5.58. The van der Waals surface area contributed by atoms with Crippen LogP contribution in [0.2, 0.25) is 10.0 Å². The standard InChI is InChI=1S/C19H13Cl2N5O3S/c20-13-1-6-16(21)17(11-13)30(27,28)25-14-2-4-15(5-3-14)29-19-8-7-18(23-24-19)26-10-9-22-12-26/h1-12,25H. The molecule has 2 heterocycles. The summed E-state index contributed by atoms with van der Waals surface area (Å²) in [5.41, 5.74) is 0.333. The van der Waals surface area contributed by atoms with Crippen LogP contribution < -0.4 is 9.46 Å². The third-order valence-corrected chi connectivity index (χ3v) is 6.00. The van der Waals surface area contributed by atoms with E-state index in [9.17, 15) is 8.42 Å². The van der Waals surface area contributed by atoms with E-state index in [4.69, 9.17) is 27.9 Å². The SMILES string of the molecule is O=S(=O)(Nc1ccc(Oc2ccc(-n3ccnc3)nn2)cc1)c1cc(Cl)ccc1Cl. The summed E-state index contributed by atoms with van der Waals surface area (Å²) in [5.74, 6) is 1.35. The van der Waals surface area contributed by atoms with Crippen LogP contribution in [0.5, 0.6) is 11.6 Å². The fourth-order valence-electron chi connectivity index (χ4n) is 2.50. The predicted octanol–water partition coefficient (Wildman–Crippen LogP) is 4.56. The van der Waals surface area contributed by atoms with Gasteiger partial charge in [0.05, 0.1) is 5.02 Å². The Morgan fingerprint density at radius 2 is 1.77 bits per heavy atom. The Morgan fingerprint density at radius 1 is 0.967 bits per heavy atom. The maximum Gasteiger partial charge on any atom is 0.263 e. The largest absolute Gasteiger partial charge is 0.438 e. The normalized spacial score (nSPS) is 11.3. The molecule has 4 rings (SSSR count). The summed E-state index contributed by atoms with van der Waals surface area (Å²) < 4.78 is 34.9.